The topological polar surface area (TPSA) is 205 Å². The maximum Gasteiger partial charge on any atom is 0.234 e. The molecule has 0 unspecified atom stereocenters. The first-order chi connectivity index (χ1) is 48.4. The fourth-order valence-corrected chi connectivity index (χ4v) is 13.6. The summed E-state index contributed by atoms with van der Waals surface area (Å²) >= 11 is 0. The average Bonchev–Trinajstić information content (AvgIpc) is 1.58. The van der Waals surface area contributed by atoms with Crippen molar-refractivity contribution in [2.45, 2.75) is 0 Å². The van der Waals surface area contributed by atoms with Crippen LogP contribution in [0, 0.1) is 0 Å². The second-order valence-electron chi connectivity index (χ2n) is 24.2. The minimum atomic E-state index is 0.444. The first-order valence-electron chi connectivity index (χ1n) is 31.8. The number of aromatic nitrogens is 11. The zero-order valence-corrected chi connectivity index (χ0v) is 51.2. The van der Waals surface area contributed by atoms with Crippen LogP contribution in [0.3, 0.4) is 0 Å². The number of pyridine rings is 1. The van der Waals surface area contributed by atoms with Crippen LogP contribution in [0.2, 0.25) is 0 Å². The van der Waals surface area contributed by atoms with Crippen molar-refractivity contribution in [1.29, 1.82) is 0 Å². The second-order valence-corrected chi connectivity index (χ2v) is 24.2. The first kappa shape index (κ1) is 53.6. The number of fused-ring (bicyclic) bond motifs is 12. The molecule has 0 atom stereocenters. The minimum Gasteiger partial charge on any atom is -0.436 e. The fourth-order valence-electron chi connectivity index (χ4n) is 13.6. The molecule has 0 aliphatic carbocycles. The molecule has 0 bridgehead atoms. The first-order valence-corrected chi connectivity index (χ1v) is 31.8. The molecule has 458 valence electrons. The predicted molar refractivity (Wildman–Crippen MR) is 377 cm³/mol. The summed E-state index contributed by atoms with van der Waals surface area (Å²) in [6, 6.07) is 80.4. The van der Waals surface area contributed by atoms with Crippen LogP contribution in [0.15, 0.2) is 288 Å². The summed E-state index contributed by atoms with van der Waals surface area (Å²) in [6.07, 6.45) is 5.34. The van der Waals surface area contributed by atoms with E-state index in [9.17, 15) is 0 Å². The number of rotatable bonds is 10. The van der Waals surface area contributed by atoms with Crippen LogP contribution >= 0.6 is 0 Å². The van der Waals surface area contributed by atoms with Crippen molar-refractivity contribution in [3.05, 3.63) is 261 Å². The van der Waals surface area contributed by atoms with Gasteiger partial charge >= 0.3 is 0 Å². The zero-order valence-electron chi connectivity index (χ0n) is 51.2. The summed E-state index contributed by atoms with van der Waals surface area (Å²) in [5.74, 6) is 4.11. The van der Waals surface area contributed by atoms with Crippen molar-refractivity contribution in [3.8, 4) is 103 Å². The summed E-state index contributed by atoms with van der Waals surface area (Å²) in [7, 11) is 0. The van der Waals surface area contributed by atoms with Gasteiger partial charge in [0.1, 0.15) is 38.9 Å². The molecule has 0 saturated carbocycles. The maximum absolute atomic E-state index is 6.73. The molecule has 0 N–H and O–H groups in total. The monoisotopic (exact) mass is 1270 g/mol. The third-order valence-electron chi connectivity index (χ3n) is 18.3. The maximum atomic E-state index is 6.73. The smallest absolute Gasteiger partial charge is 0.234 e. The van der Waals surface area contributed by atoms with Gasteiger partial charge in [-0.2, -0.15) is 0 Å². The Hall–Kier alpha value is -13.9. The molecule has 0 amide bonds. The predicted octanol–water partition coefficient (Wildman–Crippen LogP) is 20.2. The Morgan fingerprint density at radius 3 is 1.10 bits per heavy atom. The highest BCUT2D eigenvalue weighted by Crippen LogP contribution is 2.43. The lowest BCUT2D eigenvalue weighted by atomic mass is 10.0. The molecule has 98 heavy (non-hydrogen) atoms. The molecule has 10 aromatic heterocycles. The Morgan fingerprint density at radius 2 is 0.602 bits per heavy atom. The number of para-hydroxylation sites is 8. The Labute approximate surface area is 551 Å². The lowest BCUT2D eigenvalue weighted by Gasteiger charge is -2.12. The number of oxazole rings is 6. The molecule has 0 aliphatic rings. The summed E-state index contributed by atoms with van der Waals surface area (Å²) in [5, 5.41) is 3.78. The van der Waals surface area contributed by atoms with Gasteiger partial charge in [0.25, 0.3) is 0 Å². The lowest BCUT2D eigenvalue weighted by molar-refractivity contribution is 0.618. The molecular weight excluding hydrogens is 1220 g/mol. The molecule has 0 radical (unpaired) electrons. The van der Waals surface area contributed by atoms with Gasteiger partial charge in [-0.1, -0.05) is 91.0 Å². The van der Waals surface area contributed by atoms with Gasteiger partial charge in [-0.3, -0.25) is 9.13 Å². The molecule has 17 nitrogen and oxygen atoms in total. The van der Waals surface area contributed by atoms with E-state index in [2.05, 4.69) is 88.4 Å². The number of hydrogen-bond donors (Lipinski definition) is 0. The van der Waals surface area contributed by atoms with Gasteiger partial charge < -0.3 is 26.5 Å². The summed E-state index contributed by atoms with van der Waals surface area (Å²) in [6.45, 7) is 0. The van der Waals surface area contributed by atoms with E-state index in [0.29, 0.717) is 97.2 Å². The van der Waals surface area contributed by atoms with E-state index in [1.165, 1.54) is 0 Å². The van der Waals surface area contributed by atoms with Gasteiger partial charge in [-0.05, 0) is 174 Å². The van der Waals surface area contributed by atoms with E-state index in [-0.39, 0.29) is 0 Å². The van der Waals surface area contributed by atoms with E-state index in [0.717, 1.165) is 116 Å². The van der Waals surface area contributed by atoms with Crippen LogP contribution in [0.4, 0.5) is 0 Å². The third kappa shape index (κ3) is 8.56. The van der Waals surface area contributed by atoms with Crippen molar-refractivity contribution in [2.24, 2.45) is 0 Å². The molecule has 0 spiro atoms. The molecule has 10 heterocycles. The molecule has 21 aromatic rings. The van der Waals surface area contributed by atoms with Crippen LogP contribution < -0.4 is 0 Å². The van der Waals surface area contributed by atoms with Gasteiger partial charge in [0, 0.05) is 62.4 Å². The SMILES string of the molecule is c1ccc(-c2cc(-n3c4ccc(-c5nc6ccccc6o5)cc4c4cc(-c5nc6ccc(-c7ccc8oc(-c9ccc%10c(c9)c9cc(-c%11nc%12ccccc%12o%11)ccc9n%10-c9ncc(-c%10nc%11ccccc%11o%10)cn9)nc8c7)cc6o5)ccc43)ncc2-c2nc3ccccc3o2)cc1. The standard InChI is InChI=1S/C81H43N11O6/c1-2-12-44(13-3-1)52-40-74(82-43-57(52)80-89-61-17-7-11-21-71(61)97-80)91-64-29-23-47(75-85-58-14-4-8-18-68(58)93-75)34-53(64)54-35-49(24-30-65(54)91)77-88-62-28-22-46(39-73(62)98-77)45-27-33-72-63(38-45)90-78(96-72)50-26-32-67-56(37-50)55-36-48(76-86-59-15-5-9-19-69(59)94-76)25-31-66(55)92(67)81-83-41-51(42-84-81)79-87-60-16-6-10-20-70(60)95-79/h1-43H. The van der Waals surface area contributed by atoms with Gasteiger partial charge in [-0.25, -0.2) is 44.9 Å². The van der Waals surface area contributed by atoms with Gasteiger partial charge in [0.2, 0.25) is 41.3 Å². The lowest BCUT2D eigenvalue weighted by Crippen LogP contribution is -2.00. The molecule has 17 heteroatoms. The van der Waals surface area contributed by atoms with Gasteiger partial charge in [-0.15, -0.1) is 0 Å². The molecule has 11 aromatic carbocycles. The Morgan fingerprint density at radius 1 is 0.224 bits per heavy atom. The van der Waals surface area contributed by atoms with E-state index in [4.69, 9.17) is 66.4 Å². The molecule has 0 fully saturated rings. The highest BCUT2D eigenvalue weighted by molar-refractivity contribution is 6.13. The number of benzene rings is 11. The highest BCUT2D eigenvalue weighted by Gasteiger charge is 2.24. The quantitative estimate of drug-likeness (QED) is 0.125. The van der Waals surface area contributed by atoms with Crippen LogP contribution in [-0.4, -0.2) is 54.0 Å². The largest absolute Gasteiger partial charge is 0.436 e. The fraction of sp³-hybridized carbons (Fsp3) is 0. The van der Waals surface area contributed by atoms with E-state index >= 15 is 0 Å². The van der Waals surface area contributed by atoms with Crippen molar-refractivity contribution in [1.82, 2.24) is 54.0 Å². The van der Waals surface area contributed by atoms with Gasteiger partial charge in [0.05, 0.1) is 33.2 Å². The zero-order chi connectivity index (χ0) is 64.1. The van der Waals surface area contributed by atoms with E-state index < -0.39 is 0 Å². The summed E-state index contributed by atoms with van der Waals surface area (Å²) < 4.78 is 42.6. The van der Waals surface area contributed by atoms with Crippen molar-refractivity contribution in [2.75, 3.05) is 0 Å². The normalized spacial score (nSPS) is 12.1. The van der Waals surface area contributed by atoms with E-state index in [1.54, 1.807) is 12.4 Å². The summed E-state index contributed by atoms with van der Waals surface area (Å²) in [4.78, 5) is 44.5. The van der Waals surface area contributed by atoms with Gasteiger partial charge in [0.15, 0.2) is 33.5 Å². The minimum absolute atomic E-state index is 0.444. The molecular formula is C81H43N11O6. The van der Waals surface area contributed by atoms with Crippen molar-refractivity contribution < 1.29 is 26.5 Å². The van der Waals surface area contributed by atoms with Crippen molar-refractivity contribution >= 4 is 110 Å². The molecule has 0 saturated heterocycles. The Kier molecular flexibility index (Phi) is 11.4. The molecule has 0 aliphatic heterocycles. The van der Waals surface area contributed by atoms with Crippen LogP contribution in [0.25, 0.3) is 213 Å². The molecule has 21 rings (SSSR count). The summed E-state index contributed by atoms with van der Waals surface area (Å²) in [5.41, 5.74) is 20.7. The van der Waals surface area contributed by atoms with Crippen LogP contribution in [0.1, 0.15) is 0 Å². The average molecular weight is 1270 g/mol. The third-order valence-corrected chi connectivity index (χ3v) is 18.3. The van der Waals surface area contributed by atoms with Crippen LogP contribution in [-0.2, 0) is 0 Å². The Bertz CT molecular complexity index is 6710. The Balaban J connectivity index is 0.635. The number of nitrogens with zero attached hydrogens (tertiary/aromatic N) is 11. The highest BCUT2D eigenvalue weighted by atomic mass is 16.4. The second kappa shape index (κ2) is 20.8. The van der Waals surface area contributed by atoms with Crippen molar-refractivity contribution in [3.63, 3.8) is 0 Å². The number of hydrogen-bond acceptors (Lipinski definition) is 15. The van der Waals surface area contributed by atoms with E-state index in [1.807, 2.05) is 175 Å². The van der Waals surface area contributed by atoms with Crippen LogP contribution in [0.5, 0.6) is 0 Å².